The lowest BCUT2D eigenvalue weighted by Gasteiger charge is -2.25. The molecule has 0 aliphatic carbocycles. The molecule has 2 N–H and O–H groups in total. The molecule has 5 heteroatoms. The summed E-state index contributed by atoms with van der Waals surface area (Å²) in [4.78, 5) is 14.4. The van der Waals surface area contributed by atoms with Crippen molar-refractivity contribution < 1.29 is 0 Å². The van der Waals surface area contributed by atoms with Gasteiger partial charge in [-0.25, -0.2) is 5.01 Å². The first-order valence-electron chi connectivity index (χ1n) is 14.0. The number of nitrogens with zero attached hydrogens (tertiary/aromatic N) is 4. The number of hydrogen-bond acceptors (Lipinski definition) is 5. The summed E-state index contributed by atoms with van der Waals surface area (Å²) < 4.78 is 0. The Bertz CT molecular complexity index is 2040. The number of fused-ring (bicyclic) bond motifs is 3. The van der Waals surface area contributed by atoms with Crippen LogP contribution in [0.15, 0.2) is 145 Å². The summed E-state index contributed by atoms with van der Waals surface area (Å²) in [5, 5.41) is 7.60. The van der Waals surface area contributed by atoms with Gasteiger partial charge in [-0.15, -0.1) is 0 Å². The van der Waals surface area contributed by atoms with Crippen LogP contribution in [-0.4, -0.2) is 21.2 Å². The highest BCUT2D eigenvalue weighted by Crippen LogP contribution is 2.28. The maximum atomic E-state index is 6.79. The Kier molecular flexibility index (Phi) is 6.94. The quantitative estimate of drug-likeness (QED) is 0.125. The van der Waals surface area contributed by atoms with Crippen LogP contribution >= 0.6 is 0 Å². The molecule has 1 unspecified atom stereocenters. The van der Waals surface area contributed by atoms with Crippen molar-refractivity contribution in [2.45, 2.75) is 12.7 Å². The second kappa shape index (κ2) is 11.3. The number of aliphatic imine (C=N–C) groups is 1. The molecule has 42 heavy (non-hydrogen) atoms. The molecule has 5 nitrogen and oxygen atoms in total. The van der Waals surface area contributed by atoms with Gasteiger partial charge >= 0.3 is 0 Å². The number of hydrogen-bond donors (Lipinski definition) is 1. The fourth-order valence-electron chi connectivity index (χ4n) is 5.46. The monoisotopic (exact) mass is 543 g/mol. The maximum Gasteiger partial charge on any atom is 0.140 e. The van der Waals surface area contributed by atoms with Crippen molar-refractivity contribution in [3.05, 3.63) is 156 Å². The Morgan fingerprint density at radius 2 is 1.38 bits per heavy atom. The van der Waals surface area contributed by atoms with Gasteiger partial charge in [0.25, 0.3) is 0 Å². The molecule has 0 saturated carbocycles. The van der Waals surface area contributed by atoms with Crippen LogP contribution in [0.2, 0.25) is 0 Å². The fraction of sp³-hybridized carbons (Fsp3) is 0.0541. The zero-order valence-electron chi connectivity index (χ0n) is 23.0. The van der Waals surface area contributed by atoms with Crippen molar-refractivity contribution in [3.63, 3.8) is 0 Å². The van der Waals surface area contributed by atoms with Gasteiger partial charge in [-0.05, 0) is 62.5 Å². The van der Waals surface area contributed by atoms with Gasteiger partial charge in [-0.1, -0.05) is 103 Å². The molecule has 0 spiro atoms. The lowest BCUT2D eigenvalue weighted by molar-refractivity contribution is 0.199. The molecule has 0 amide bonds. The lowest BCUT2D eigenvalue weighted by Crippen LogP contribution is -2.34. The normalized spacial score (nSPS) is 12.5. The van der Waals surface area contributed by atoms with Crippen LogP contribution in [0.1, 0.15) is 22.9 Å². The minimum absolute atomic E-state index is 0.386. The molecular formula is C37H29N5. The zero-order chi connectivity index (χ0) is 28.3. The van der Waals surface area contributed by atoms with Crippen LogP contribution < -0.4 is 5.84 Å². The van der Waals surface area contributed by atoms with E-state index in [1.807, 2.05) is 36.8 Å². The summed E-state index contributed by atoms with van der Waals surface area (Å²) in [5.74, 6) is 6.79. The Morgan fingerprint density at radius 3 is 2.17 bits per heavy atom. The summed E-state index contributed by atoms with van der Waals surface area (Å²) in [6, 6.07) is 43.8. The van der Waals surface area contributed by atoms with Crippen LogP contribution in [-0.2, 0) is 6.54 Å². The molecular weight excluding hydrogens is 514 g/mol. The summed E-state index contributed by atoms with van der Waals surface area (Å²) in [6.45, 7) is 0.480. The van der Waals surface area contributed by atoms with Crippen LogP contribution in [0.3, 0.4) is 0 Å². The van der Waals surface area contributed by atoms with E-state index in [9.17, 15) is 0 Å². The summed E-state index contributed by atoms with van der Waals surface area (Å²) in [7, 11) is 0. The van der Waals surface area contributed by atoms with Crippen molar-refractivity contribution in [1.82, 2.24) is 15.0 Å². The minimum atomic E-state index is -0.386. The highest BCUT2D eigenvalue weighted by molar-refractivity contribution is 5.92. The summed E-state index contributed by atoms with van der Waals surface area (Å²) in [6.07, 6.45) is 5.24. The van der Waals surface area contributed by atoms with E-state index in [4.69, 9.17) is 15.8 Å². The van der Waals surface area contributed by atoms with E-state index in [1.165, 1.54) is 16.2 Å². The molecule has 0 bridgehead atoms. The Morgan fingerprint density at radius 1 is 0.667 bits per heavy atom. The van der Waals surface area contributed by atoms with Crippen molar-refractivity contribution in [2.75, 3.05) is 0 Å². The number of benzene rings is 5. The predicted molar refractivity (Wildman–Crippen MR) is 173 cm³/mol. The van der Waals surface area contributed by atoms with Gasteiger partial charge in [0.2, 0.25) is 0 Å². The third-order valence-electron chi connectivity index (χ3n) is 7.62. The number of rotatable bonds is 7. The average Bonchev–Trinajstić information content (AvgIpc) is 3.05. The molecule has 0 fully saturated rings. The van der Waals surface area contributed by atoms with Gasteiger partial charge in [0, 0.05) is 36.1 Å². The van der Waals surface area contributed by atoms with Gasteiger partial charge in [-0.3, -0.25) is 20.8 Å². The number of para-hydroxylation sites is 1. The van der Waals surface area contributed by atoms with Crippen LogP contribution in [0.25, 0.3) is 43.7 Å². The first kappa shape index (κ1) is 25.7. The van der Waals surface area contributed by atoms with Gasteiger partial charge in [0.05, 0.1) is 11.2 Å². The third-order valence-corrected chi connectivity index (χ3v) is 7.62. The maximum absolute atomic E-state index is 6.79. The van der Waals surface area contributed by atoms with Crippen molar-refractivity contribution in [1.29, 1.82) is 0 Å². The Balaban J connectivity index is 1.19. The SMILES string of the molecule is NN(Cc1ccc(-c2cccc3cccnc23)nc1)C(N=Cc1ccc2ccccc2c1)c1ccc2ccccc2c1. The van der Waals surface area contributed by atoms with Gasteiger partial charge in [0.1, 0.15) is 6.17 Å². The first-order chi connectivity index (χ1) is 20.7. The molecule has 2 heterocycles. The molecule has 0 aliphatic heterocycles. The number of nitrogens with two attached hydrogens (primary N) is 1. The standard InChI is InChI=1S/C37H29N5/c38-42(25-27-15-19-35(40-24-27)34-13-5-11-30-12-6-20-39-36(30)34)37(33-18-17-29-8-2-4-10-32(29)22-33)41-23-26-14-16-28-7-1-3-9-31(28)21-26/h1-24,37H,25,38H2. The molecule has 202 valence electrons. The highest BCUT2D eigenvalue weighted by atomic mass is 15.5. The van der Waals surface area contributed by atoms with Crippen molar-refractivity contribution >= 4 is 38.7 Å². The number of aromatic nitrogens is 2. The number of pyridine rings is 2. The second-order valence-corrected chi connectivity index (χ2v) is 10.5. The topological polar surface area (TPSA) is 67.4 Å². The molecule has 0 saturated heterocycles. The van der Waals surface area contributed by atoms with E-state index in [2.05, 4.69) is 114 Å². The third kappa shape index (κ3) is 5.27. The molecule has 0 aliphatic rings. The van der Waals surface area contributed by atoms with Gasteiger partial charge < -0.3 is 0 Å². The fourth-order valence-corrected chi connectivity index (χ4v) is 5.46. The molecule has 7 aromatic rings. The van der Waals surface area contributed by atoms with E-state index in [0.717, 1.165) is 44.2 Å². The van der Waals surface area contributed by atoms with E-state index in [1.54, 1.807) is 5.01 Å². The molecule has 7 rings (SSSR count). The van der Waals surface area contributed by atoms with Crippen molar-refractivity contribution in [2.24, 2.45) is 10.8 Å². The summed E-state index contributed by atoms with van der Waals surface area (Å²) in [5.41, 5.74) is 5.90. The molecule has 0 radical (unpaired) electrons. The van der Waals surface area contributed by atoms with E-state index >= 15 is 0 Å². The second-order valence-electron chi connectivity index (χ2n) is 10.5. The smallest absolute Gasteiger partial charge is 0.140 e. The largest absolute Gasteiger partial charge is 0.267 e. The summed E-state index contributed by atoms with van der Waals surface area (Å²) >= 11 is 0. The Hall–Kier alpha value is -5.23. The zero-order valence-corrected chi connectivity index (χ0v) is 23.0. The van der Waals surface area contributed by atoms with Crippen LogP contribution in [0.5, 0.6) is 0 Å². The predicted octanol–water partition coefficient (Wildman–Crippen LogP) is 8.10. The van der Waals surface area contributed by atoms with Crippen LogP contribution in [0.4, 0.5) is 0 Å². The van der Waals surface area contributed by atoms with Gasteiger partial charge in [0.15, 0.2) is 0 Å². The van der Waals surface area contributed by atoms with E-state index in [0.29, 0.717) is 6.54 Å². The highest BCUT2D eigenvalue weighted by Gasteiger charge is 2.18. The molecule has 2 aromatic heterocycles. The first-order valence-corrected chi connectivity index (χ1v) is 14.0. The van der Waals surface area contributed by atoms with E-state index < -0.39 is 0 Å². The molecule has 1 atom stereocenters. The lowest BCUT2D eigenvalue weighted by atomic mass is 10.0. The average molecular weight is 544 g/mol. The van der Waals surface area contributed by atoms with E-state index in [-0.39, 0.29) is 6.17 Å². The van der Waals surface area contributed by atoms with Crippen LogP contribution in [0, 0.1) is 0 Å². The van der Waals surface area contributed by atoms with Crippen molar-refractivity contribution in [3.8, 4) is 11.3 Å². The Labute approximate surface area is 244 Å². The van der Waals surface area contributed by atoms with Gasteiger partial charge in [-0.2, -0.15) is 0 Å². The minimum Gasteiger partial charge on any atom is -0.267 e. The molecule has 5 aromatic carbocycles. The number of hydrazine groups is 1.